The van der Waals surface area contributed by atoms with Gasteiger partial charge in [-0.2, -0.15) is 0 Å². The van der Waals surface area contributed by atoms with Crippen molar-refractivity contribution in [2.24, 2.45) is 0 Å². The molecule has 0 saturated heterocycles. The lowest BCUT2D eigenvalue weighted by Crippen LogP contribution is -2.39. The monoisotopic (exact) mass is 264 g/mol. The van der Waals surface area contributed by atoms with Gasteiger partial charge in [0.15, 0.2) is 5.78 Å². The van der Waals surface area contributed by atoms with Crippen molar-refractivity contribution in [1.29, 1.82) is 0 Å². The fourth-order valence-corrected chi connectivity index (χ4v) is 2.08. The molecule has 0 saturated carbocycles. The van der Waals surface area contributed by atoms with Crippen LogP contribution in [0.1, 0.15) is 45.0 Å². The molecule has 0 aromatic carbocycles. The number of hydrogen-bond acceptors (Lipinski definition) is 4. The van der Waals surface area contributed by atoms with Gasteiger partial charge in [0, 0.05) is 36.5 Å². The zero-order valence-corrected chi connectivity index (χ0v) is 12.5. The molecule has 1 heterocycles. The topological polar surface area (TPSA) is 42.4 Å². The number of ketones is 1. The van der Waals surface area contributed by atoms with Gasteiger partial charge in [-0.25, -0.2) is 4.98 Å². The molecule has 1 aromatic heterocycles. The lowest BCUT2D eigenvalue weighted by molar-refractivity contribution is 0.101. The van der Waals surface area contributed by atoms with Crippen LogP contribution in [-0.2, 0) is 0 Å². The summed E-state index contributed by atoms with van der Waals surface area (Å²) < 4.78 is 5.62. The number of ether oxygens (including phenoxy) is 1. The van der Waals surface area contributed by atoms with E-state index in [2.05, 4.69) is 37.6 Å². The molecule has 1 rings (SSSR count). The molecule has 4 heteroatoms. The first-order chi connectivity index (χ1) is 8.91. The highest BCUT2D eigenvalue weighted by atomic mass is 16.5. The Morgan fingerprint density at radius 1 is 1.32 bits per heavy atom. The van der Waals surface area contributed by atoms with Crippen molar-refractivity contribution in [3.05, 3.63) is 23.9 Å². The molecule has 0 aliphatic rings. The summed E-state index contributed by atoms with van der Waals surface area (Å²) >= 11 is 0. The van der Waals surface area contributed by atoms with Gasteiger partial charge in [0.25, 0.3) is 0 Å². The van der Waals surface area contributed by atoms with Crippen molar-refractivity contribution < 1.29 is 9.53 Å². The molecule has 1 aromatic rings. The van der Waals surface area contributed by atoms with Crippen LogP contribution in [0.4, 0.5) is 0 Å². The van der Waals surface area contributed by atoms with E-state index in [1.165, 1.54) is 0 Å². The van der Waals surface area contributed by atoms with Gasteiger partial charge in [-0.05, 0) is 40.7 Å². The first-order valence-corrected chi connectivity index (χ1v) is 6.77. The minimum absolute atomic E-state index is 0.0261. The second kappa shape index (κ2) is 7.24. The molecular weight excluding hydrogens is 240 g/mol. The smallest absolute Gasteiger partial charge is 0.213 e. The van der Waals surface area contributed by atoms with E-state index in [1.807, 2.05) is 0 Å². The molecule has 0 bridgehead atoms. The highest BCUT2D eigenvalue weighted by Gasteiger charge is 2.13. The lowest BCUT2D eigenvalue weighted by atomic mass is 10.2. The fraction of sp³-hybridized carbons (Fsp3) is 0.600. The Labute approximate surface area is 115 Å². The molecule has 0 aliphatic carbocycles. The highest BCUT2D eigenvalue weighted by molar-refractivity contribution is 5.94. The van der Waals surface area contributed by atoms with Gasteiger partial charge in [-0.3, -0.25) is 9.69 Å². The second-order valence-electron chi connectivity index (χ2n) is 5.21. The lowest BCUT2D eigenvalue weighted by Gasteiger charge is -2.30. The Morgan fingerprint density at radius 3 is 2.47 bits per heavy atom. The molecule has 106 valence electrons. The van der Waals surface area contributed by atoms with Crippen molar-refractivity contribution in [2.45, 2.75) is 46.7 Å². The van der Waals surface area contributed by atoms with Gasteiger partial charge in [0.05, 0.1) is 0 Å². The zero-order chi connectivity index (χ0) is 14.4. The van der Waals surface area contributed by atoms with Crippen molar-refractivity contribution >= 4 is 5.78 Å². The maximum absolute atomic E-state index is 11.3. The molecule has 0 fully saturated rings. The quantitative estimate of drug-likeness (QED) is 0.710. The third kappa shape index (κ3) is 4.99. The van der Waals surface area contributed by atoms with Crippen LogP contribution in [0, 0.1) is 0 Å². The van der Waals surface area contributed by atoms with Crippen molar-refractivity contribution in [3.63, 3.8) is 0 Å². The summed E-state index contributed by atoms with van der Waals surface area (Å²) in [7, 11) is 0. The van der Waals surface area contributed by atoms with Crippen LogP contribution < -0.4 is 4.74 Å². The number of aromatic nitrogens is 1. The summed E-state index contributed by atoms with van der Waals surface area (Å²) in [6, 6.07) is 4.36. The predicted octanol–water partition coefficient (Wildman–Crippen LogP) is 2.78. The van der Waals surface area contributed by atoms with E-state index in [-0.39, 0.29) is 5.78 Å². The van der Waals surface area contributed by atoms with Crippen LogP contribution in [-0.4, -0.2) is 40.9 Å². The number of rotatable bonds is 7. The molecule has 0 atom stereocenters. The SMILES string of the molecule is CC(=O)c1ccnc(OCCN(C(C)C)C(C)C)c1. The Hall–Kier alpha value is -1.42. The maximum Gasteiger partial charge on any atom is 0.213 e. The van der Waals surface area contributed by atoms with E-state index in [4.69, 9.17) is 4.74 Å². The Bertz CT molecular complexity index is 408. The molecule has 0 spiro atoms. The predicted molar refractivity (Wildman–Crippen MR) is 76.7 cm³/mol. The van der Waals surface area contributed by atoms with Crippen LogP contribution in [0.5, 0.6) is 5.88 Å². The maximum atomic E-state index is 11.3. The minimum atomic E-state index is 0.0261. The first-order valence-electron chi connectivity index (χ1n) is 6.77. The van der Waals surface area contributed by atoms with Gasteiger partial charge in [0.1, 0.15) is 6.61 Å². The molecule has 0 aliphatic heterocycles. The number of carbonyl (C=O) groups is 1. The third-order valence-electron chi connectivity index (χ3n) is 3.07. The number of pyridine rings is 1. The van der Waals surface area contributed by atoms with E-state index < -0.39 is 0 Å². The number of nitrogens with zero attached hydrogens (tertiary/aromatic N) is 2. The molecule has 0 radical (unpaired) electrons. The van der Waals surface area contributed by atoms with E-state index in [9.17, 15) is 4.79 Å². The fourth-order valence-electron chi connectivity index (χ4n) is 2.08. The van der Waals surface area contributed by atoms with E-state index in [0.29, 0.717) is 30.1 Å². The molecule has 4 nitrogen and oxygen atoms in total. The number of Topliss-reactive ketones (excluding diaryl/α,β-unsaturated/α-hetero) is 1. The summed E-state index contributed by atoms with van der Waals surface area (Å²) in [6.07, 6.45) is 1.61. The summed E-state index contributed by atoms with van der Waals surface area (Å²) in [6.45, 7) is 11.7. The average molecular weight is 264 g/mol. The third-order valence-corrected chi connectivity index (χ3v) is 3.07. The Morgan fingerprint density at radius 2 is 1.95 bits per heavy atom. The normalized spacial score (nSPS) is 11.4. The summed E-state index contributed by atoms with van der Waals surface area (Å²) in [5.41, 5.74) is 0.634. The van der Waals surface area contributed by atoms with Crippen LogP contribution in [0.15, 0.2) is 18.3 Å². The highest BCUT2D eigenvalue weighted by Crippen LogP contribution is 2.10. The summed E-state index contributed by atoms with van der Waals surface area (Å²) in [4.78, 5) is 17.7. The van der Waals surface area contributed by atoms with Crippen molar-refractivity contribution in [1.82, 2.24) is 9.88 Å². The standard InChI is InChI=1S/C15H24N2O2/c1-11(2)17(12(3)4)8-9-19-15-10-14(13(5)18)6-7-16-15/h6-7,10-12H,8-9H2,1-5H3. The number of carbonyl (C=O) groups excluding carboxylic acids is 1. The van der Waals surface area contributed by atoms with Gasteiger partial charge >= 0.3 is 0 Å². The minimum Gasteiger partial charge on any atom is -0.476 e. The molecular formula is C15H24N2O2. The number of hydrogen-bond donors (Lipinski definition) is 0. The Balaban J connectivity index is 2.53. The summed E-state index contributed by atoms with van der Waals surface area (Å²) in [5, 5.41) is 0. The summed E-state index contributed by atoms with van der Waals surface area (Å²) in [5.74, 6) is 0.540. The van der Waals surface area contributed by atoms with Gasteiger partial charge in [-0.15, -0.1) is 0 Å². The second-order valence-corrected chi connectivity index (χ2v) is 5.21. The largest absolute Gasteiger partial charge is 0.476 e. The van der Waals surface area contributed by atoms with Crippen LogP contribution in [0.3, 0.4) is 0 Å². The molecule has 0 amide bonds. The molecule has 0 unspecified atom stereocenters. The average Bonchev–Trinajstić information content (AvgIpc) is 2.34. The molecule has 0 N–H and O–H groups in total. The van der Waals surface area contributed by atoms with Crippen molar-refractivity contribution in [3.8, 4) is 5.88 Å². The van der Waals surface area contributed by atoms with Gasteiger partial charge in [0.2, 0.25) is 5.88 Å². The van der Waals surface area contributed by atoms with E-state index in [1.54, 1.807) is 25.3 Å². The van der Waals surface area contributed by atoms with Crippen LogP contribution in [0.2, 0.25) is 0 Å². The van der Waals surface area contributed by atoms with Crippen molar-refractivity contribution in [2.75, 3.05) is 13.2 Å². The van der Waals surface area contributed by atoms with Gasteiger partial charge < -0.3 is 4.74 Å². The van der Waals surface area contributed by atoms with E-state index >= 15 is 0 Å². The zero-order valence-electron chi connectivity index (χ0n) is 12.5. The molecule has 19 heavy (non-hydrogen) atoms. The van der Waals surface area contributed by atoms with Gasteiger partial charge in [-0.1, -0.05) is 0 Å². The Kier molecular flexibility index (Phi) is 5.96. The van der Waals surface area contributed by atoms with E-state index in [0.717, 1.165) is 6.54 Å². The van der Waals surface area contributed by atoms with Crippen LogP contribution >= 0.6 is 0 Å². The first kappa shape index (κ1) is 15.6. The van der Waals surface area contributed by atoms with Crippen LogP contribution in [0.25, 0.3) is 0 Å².